The maximum atomic E-state index is 4.58. The molecule has 1 fully saturated rings. The van der Waals surface area contributed by atoms with E-state index in [1.165, 1.54) is 18.4 Å². The van der Waals surface area contributed by atoms with E-state index in [0.29, 0.717) is 0 Å². The van der Waals surface area contributed by atoms with Crippen LogP contribution in [-0.4, -0.2) is 23.5 Å². The molecule has 1 saturated carbocycles. The van der Waals surface area contributed by atoms with Crippen LogP contribution in [0.3, 0.4) is 0 Å². The largest absolute Gasteiger partial charge is 0.365 e. The Hall–Kier alpha value is -0.960. The van der Waals surface area contributed by atoms with Crippen molar-refractivity contribution in [1.82, 2.24) is 5.32 Å². The maximum absolute atomic E-state index is 4.58. The maximum Gasteiger partial charge on any atom is 0.156 e. The van der Waals surface area contributed by atoms with Crippen molar-refractivity contribution in [3.05, 3.63) is 35.9 Å². The highest BCUT2D eigenvalue weighted by Gasteiger charge is 2.35. The normalized spacial score (nSPS) is 23.5. The lowest BCUT2D eigenvalue weighted by Gasteiger charge is -2.07. The average molecular weight is 246 g/mol. The quantitative estimate of drug-likeness (QED) is 0.883. The Morgan fingerprint density at radius 2 is 2.06 bits per heavy atom. The van der Waals surface area contributed by atoms with Crippen molar-refractivity contribution in [2.75, 3.05) is 13.1 Å². The predicted octanol–water partition coefficient (Wildman–Crippen LogP) is 2.70. The predicted molar refractivity (Wildman–Crippen MR) is 74.6 cm³/mol. The van der Waals surface area contributed by atoms with Crippen molar-refractivity contribution in [3.63, 3.8) is 0 Å². The molecule has 1 aromatic carbocycles. The minimum atomic E-state index is 0.772. The highest BCUT2D eigenvalue weighted by Crippen LogP contribution is 2.41. The van der Waals surface area contributed by atoms with E-state index in [2.05, 4.69) is 40.6 Å². The van der Waals surface area contributed by atoms with Crippen molar-refractivity contribution in [2.24, 2.45) is 10.9 Å². The fourth-order valence-corrected chi connectivity index (χ4v) is 3.40. The first-order chi connectivity index (χ1) is 8.42. The third-order valence-electron chi connectivity index (χ3n) is 3.36. The number of hydrogen-bond donors (Lipinski definition) is 1. The summed E-state index contributed by atoms with van der Waals surface area (Å²) in [6, 6.07) is 10.6. The van der Waals surface area contributed by atoms with E-state index in [9.17, 15) is 0 Å². The smallest absolute Gasteiger partial charge is 0.156 e. The first-order valence-electron chi connectivity index (χ1n) is 6.41. The van der Waals surface area contributed by atoms with Gasteiger partial charge in [0, 0.05) is 11.8 Å². The van der Waals surface area contributed by atoms with Gasteiger partial charge in [-0.05, 0) is 30.7 Å². The third-order valence-corrected chi connectivity index (χ3v) is 4.69. The lowest BCUT2D eigenvalue weighted by molar-refractivity contribution is 0.771. The van der Waals surface area contributed by atoms with Crippen LogP contribution in [0, 0.1) is 5.92 Å². The summed E-state index contributed by atoms with van der Waals surface area (Å²) in [7, 11) is 0. The Kier molecular flexibility index (Phi) is 3.36. The Morgan fingerprint density at radius 3 is 2.82 bits per heavy atom. The molecule has 2 aliphatic rings. The fraction of sp³-hybridized carbons (Fsp3) is 0.500. The van der Waals surface area contributed by atoms with Crippen LogP contribution < -0.4 is 5.32 Å². The van der Waals surface area contributed by atoms with Gasteiger partial charge in [-0.25, -0.2) is 0 Å². The second-order valence-electron chi connectivity index (χ2n) is 4.80. The number of nitrogens with one attached hydrogen (secondary N) is 1. The molecule has 3 heteroatoms. The lowest BCUT2D eigenvalue weighted by atomic mass is 10.2. The molecular weight excluding hydrogens is 228 g/mol. The Bertz CT molecular complexity index is 398. The summed E-state index contributed by atoms with van der Waals surface area (Å²) in [4.78, 5) is 4.58. The SMILES string of the molecule is c1ccc(CCNC2=NCC(C3CC3)S2)cc1. The van der Waals surface area contributed by atoms with Gasteiger partial charge in [-0.15, -0.1) is 0 Å². The van der Waals surface area contributed by atoms with Gasteiger partial charge < -0.3 is 5.32 Å². The molecule has 90 valence electrons. The third kappa shape index (κ3) is 3.03. The van der Waals surface area contributed by atoms with Crippen molar-refractivity contribution in [3.8, 4) is 0 Å². The van der Waals surface area contributed by atoms with E-state index in [1.807, 2.05) is 11.8 Å². The number of hydrogen-bond acceptors (Lipinski definition) is 3. The van der Waals surface area contributed by atoms with E-state index in [-0.39, 0.29) is 0 Å². The van der Waals surface area contributed by atoms with Gasteiger partial charge >= 0.3 is 0 Å². The van der Waals surface area contributed by atoms with Crippen LogP contribution in [0.5, 0.6) is 0 Å². The molecule has 1 heterocycles. The van der Waals surface area contributed by atoms with E-state index < -0.39 is 0 Å². The van der Waals surface area contributed by atoms with E-state index in [0.717, 1.165) is 35.8 Å². The molecule has 1 aromatic rings. The van der Waals surface area contributed by atoms with Gasteiger partial charge in [0.2, 0.25) is 0 Å². The van der Waals surface area contributed by atoms with Crippen molar-refractivity contribution < 1.29 is 0 Å². The molecule has 1 N–H and O–H groups in total. The van der Waals surface area contributed by atoms with Gasteiger partial charge in [-0.2, -0.15) is 0 Å². The zero-order valence-corrected chi connectivity index (χ0v) is 10.7. The van der Waals surface area contributed by atoms with Gasteiger partial charge in [0.05, 0.1) is 6.54 Å². The summed E-state index contributed by atoms with van der Waals surface area (Å²) in [5.74, 6) is 0.956. The molecule has 0 aromatic heterocycles. The number of thioether (sulfide) groups is 1. The van der Waals surface area contributed by atoms with Gasteiger partial charge in [-0.3, -0.25) is 4.99 Å². The molecule has 1 aliphatic heterocycles. The van der Waals surface area contributed by atoms with Crippen LogP contribution in [0.1, 0.15) is 18.4 Å². The molecular formula is C14H18N2S. The van der Waals surface area contributed by atoms with Crippen molar-refractivity contribution >= 4 is 16.9 Å². The number of benzene rings is 1. The zero-order valence-electron chi connectivity index (χ0n) is 9.93. The second-order valence-corrected chi connectivity index (χ2v) is 6.03. The van der Waals surface area contributed by atoms with Crippen LogP contribution in [0.25, 0.3) is 0 Å². The first-order valence-corrected chi connectivity index (χ1v) is 7.29. The Balaban J connectivity index is 1.40. The van der Waals surface area contributed by atoms with Crippen LogP contribution in [0.15, 0.2) is 35.3 Å². The van der Waals surface area contributed by atoms with Crippen molar-refractivity contribution in [1.29, 1.82) is 0 Å². The highest BCUT2D eigenvalue weighted by atomic mass is 32.2. The van der Waals surface area contributed by atoms with Crippen LogP contribution in [-0.2, 0) is 6.42 Å². The number of amidine groups is 1. The molecule has 1 unspecified atom stereocenters. The molecule has 1 atom stereocenters. The fourth-order valence-electron chi connectivity index (χ4n) is 2.16. The molecule has 0 amide bonds. The summed E-state index contributed by atoms with van der Waals surface area (Å²) in [5, 5.41) is 5.39. The van der Waals surface area contributed by atoms with Gasteiger partial charge in [0.25, 0.3) is 0 Å². The topological polar surface area (TPSA) is 24.4 Å². The first kappa shape index (κ1) is 11.1. The average Bonchev–Trinajstić information content (AvgIpc) is 3.11. The number of nitrogens with zero attached hydrogens (tertiary/aromatic N) is 1. The molecule has 0 bridgehead atoms. The summed E-state index contributed by atoms with van der Waals surface area (Å²) in [6.45, 7) is 2.02. The molecule has 0 spiro atoms. The summed E-state index contributed by atoms with van der Waals surface area (Å²) < 4.78 is 0. The van der Waals surface area contributed by atoms with Gasteiger partial charge in [0.15, 0.2) is 5.17 Å². The second kappa shape index (κ2) is 5.13. The van der Waals surface area contributed by atoms with Gasteiger partial charge in [-0.1, -0.05) is 42.1 Å². The number of aliphatic imine (C=N–C) groups is 1. The van der Waals surface area contributed by atoms with E-state index >= 15 is 0 Å². The Morgan fingerprint density at radius 1 is 1.24 bits per heavy atom. The molecule has 0 saturated heterocycles. The molecule has 17 heavy (non-hydrogen) atoms. The number of rotatable bonds is 4. The van der Waals surface area contributed by atoms with Crippen LogP contribution in [0.2, 0.25) is 0 Å². The van der Waals surface area contributed by atoms with Crippen molar-refractivity contribution in [2.45, 2.75) is 24.5 Å². The summed E-state index contributed by atoms with van der Waals surface area (Å²) >= 11 is 1.96. The summed E-state index contributed by atoms with van der Waals surface area (Å²) in [6.07, 6.45) is 3.92. The molecule has 3 rings (SSSR count). The monoisotopic (exact) mass is 246 g/mol. The minimum Gasteiger partial charge on any atom is -0.365 e. The van der Waals surface area contributed by atoms with E-state index in [4.69, 9.17) is 0 Å². The summed E-state index contributed by atoms with van der Waals surface area (Å²) in [5.41, 5.74) is 1.39. The minimum absolute atomic E-state index is 0.772. The van der Waals surface area contributed by atoms with Crippen LogP contribution in [0.4, 0.5) is 0 Å². The standard InChI is InChI=1S/C14H18N2S/c1-2-4-11(5-3-1)8-9-15-14-16-10-13(17-14)12-6-7-12/h1-5,12-13H,6-10H2,(H,15,16). The van der Waals surface area contributed by atoms with Crippen LogP contribution >= 0.6 is 11.8 Å². The van der Waals surface area contributed by atoms with Gasteiger partial charge in [0.1, 0.15) is 0 Å². The highest BCUT2D eigenvalue weighted by molar-refractivity contribution is 8.14. The molecule has 1 aliphatic carbocycles. The Labute approximate surface area is 107 Å². The van der Waals surface area contributed by atoms with E-state index in [1.54, 1.807) is 0 Å². The lowest BCUT2D eigenvalue weighted by Crippen LogP contribution is -2.22. The molecule has 2 nitrogen and oxygen atoms in total. The zero-order chi connectivity index (χ0) is 11.5. The molecule has 0 radical (unpaired) electrons.